The summed E-state index contributed by atoms with van der Waals surface area (Å²) in [6.07, 6.45) is 3.27. The van der Waals surface area contributed by atoms with E-state index in [0.29, 0.717) is 11.3 Å². The second-order valence-corrected chi connectivity index (χ2v) is 3.10. The Morgan fingerprint density at radius 1 is 1.40 bits per heavy atom. The number of nitrogens with zero attached hydrogens (tertiary/aromatic N) is 3. The van der Waals surface area contributed by atoms with Crippen LogP contribution >= 0.6 is 0 Å². The minimum Gasteiger partial charge on any atom is -0.366 e. The molecule has 2 aromatic rings. The molecule has 76 valence electrons. The minimum absolute atomic E-state index is 0.404. The van der Waals surface area contributed by atoms with E-state index in [1.807, 2.05) is 0 Å². The lowest BCUT2D eigenvalue weighted by Crippen LogP contribution is -2.13. The van der Waals surface area contributed by atoms with Crippen molar-refractivity contribution in [3.05, 3.63) is 36.2 Å². The average molecular weight is 202 g/mol. The minimum atomic E-state index is -0.487. The van der Waals surface area contributed by atoms with Crippen LogP contribution in [0.3, 0.4) is 0 Å². The molecule has 1 amide bonds. The smallest absolute Gasteiger partial charge is 0.250 e. The third-order valence-corrected chi connectivity index (χ3v) is 2.14. The fourth-order valence-electron chi connectivity index (χ4n) is 1.41. The molecule has 5 heteroatoms. The summed E-state index contributed by atoms with van der Waals surface area (Å²) in [5, 5.41) is 4.02. The van der Waals surface area contributed by atoms with Gasteiger partial charge in [-0.05, 0) is 18.2 Å². The zero-order chi connectivity index (χ0) is 10.8. The van der Waals surface area contributed by atoms with E-state index < -0.39 is 5.91 Å². The molecule has 0 fully saturated rings. The predicted molar refractivity (Wildman–Crippen MR) is 55.0 cm³/mol. The van der Waals surface area contributed by atoms with Crippen LogP contribution in [0.5, 0.6) is 0 Å². The van der Waals surface area contributed by atoms with Crippen LogP contribution in [0.25, 0.3) is 11.4 Å². The van der Waals surface area contributed by atoms with Crippen molar-refractivity contribution in [1.29, 1.82) is 0 Å². The van der Waals surface area contributed by atoms with E-state index in [4.69, 9.17) is 5.73 Å². The van der Waals surface area contributed by atoms with Gasteiger partial charge in [-0.25, -0.2) is 0 Å². The van der Waals surface area contributed by atoms with Crippen molar-refractivity contribution in [2.24, 2.45) is 12.8 Å². The zero-order valence-corrected chi connectivity index (χ0v) is 8.21. The first-order chi connectivity index (χ1) is 7.20. The van der Waals surface area contributed by atoms with Gasteiger partial charge in [-0.3, -0.25) is 14.5 Å². The van der Waals surface area contributed by atoms with Gasteiger partial charge in [-0.2, -0.15) is 5.10 Å². The Kier molecular flexibility index (Phi) is 2.21. The summed E-state index contributed by atoms with van der Waals surface area (Å²) in [7, 11) is 1.79. The van der Waals surface area contributed by atoms with Crippen LogP contribution < -0.4 is 5.73 Å². The van der Waals surface area contributed by atoms with Gasteiger partial charge in [0.05, 0.1) is 11.3 Å². The van der Waals surface area contributed by atoms with Crippen LogP contribution in [0.15, 0.2) is 30.6 Å². The lowest BCUT2D eigenvalue weighted by atomic mass is 10.1. The van der Waals surface area contributed by atoms with E-state index in [9.17, 15) is 4.79 Å². The molecule has 2 heterocycles. The Bertz CT molecular complexity index is 504. The van der Waals surface area contributed by atoms with Gasteiger partial charge in [0, 0.05) is 19.4 Å². The molecule has 0 aromatic carbocycles. The maximum Gasteiger partial charge on any atom is 0.250 e. The normalized spacial score (nSPS) is 10.2. The summed E-state index contributed by atoms with van der Waals surface area (Å²) in [6, 6.07) is 5.12. The molecule has 0 atom stereocenters. The van der Waals surface area contributed by atoms with Crippen LogP contribution in [-0.4, -0.2) is 20.7 Å². The zero-order valence-electron chi connectivity index (χ0n) is 8.21. The summed E-state index contributed by atoms with van der Waals surface area (Å²) < 4.78 is 1.65. The van der Waals surface area contributed by atoms with Crippen molar-refractivity contribution < 1.29 is 4.79 Å². The van der Waals surface area contributed by atoms with Crippen LogP contribution in [0.1, 0.15) is 10.4 Å². The molecule has 0 saturated heterocycles. The molecular formula is C10H10N4O. The molecule has 0 radical (unpaired) electrons. The van der Waals surface area contributed by atoms with Crippen molar-refractivity contribution in [3.8, 4) is 11.4 Å². The molecule has 15 heavy (non-hydrogen) atoms. The first-order valence-corrected chi connectivity index (χ1v) is 4.43. The Morgan fingerprint density at radius 3 is 2.80 bits per heavy atom. The molecule has 5 nitrogen and oxygen atoms in total. The standard InChI is InChI=1S/C10H10N4O/c1-14-8(4-6-13-14)9-7(10(11)15)3-2-5-12-9/h2-6H,1H3,(H2,11,15). The quantitative estimate of drug-likeness (QED) is 0.774. The highest BCUT2D eigenvalue weighted by atomic mass is 16.1. The van der Waals surface area contributed by atoms with Crippen LogP contribution in [-0.2, 0) is 7.05 Å². The van der Waals surface area contributed by atoms with Crippen molar-refractivity contribution >= 4 is 5.91 Å². The number of aryl methyl sites for hydroxylation is 1. The molecule has 0 aliphatic heterocycles. The fourth-order valence-corrected chi connectivity index (χ4v) is 1.41. The lowest BCUT2D eigenvalue weighted by molar-refractivity contribution is 0.100. The van der Waals surface area contributed by atoms with Crippen LogP contribution in [0, 0.1) is 0 Å². The third-order valence-electron chi connectivity index (χ3n) is 2.14. The van der Waals surface area contributed by atoms with Gasteiger partial charge in [-0.1, -0.05) is 0 Å². The number of pyridine rings is 1. The van der Waals surface area contributed by atoms with E-state index in [-0.39, 0.29) is 0 Å². The first-order valence-electron chi connectivity index (χ1n) is 4.43. The molecular weight excluding hydrogens is 192 g/mol. The summed E-state index contributed by atoms with van der Waals surface area (Å²) in [5.41, 5.74) is 6.99. The maximum atomic E-state index is 11.2. The van der Waals surface area contributed by atoms with Crippen LogP contribution in [0.4, 0.5) is 0 Å². The lowest BCUT2D eigenvalue weighted by Gasteiger charge is -2.04. The number of nitrogens with two attached hydrogens (primary N) is 1. The number of amides is 1. The van der Waals surface area contributed by atoms with Crippen LogP contribution in [0.2, 0.25) is 0 Å². The molecule has 0 saturated carbocycles. The van der Waals surface area contributed by atoms with E-state index in [0.717, 1.165) is 5.69 Å². The molecule has 2 rings (SSSR count). The number of aromatic nitrogens is 3. The van der Waals surface area contributed by atoms with Gasteiger partial charge < -0.3 is 5.73 Å². The number of carbonyl (C=O) groups excluding carboxylic acids is 1. The number of hydrogen-bond donors (Lipinski definition) is 1. The van der Waals surface area contributed by atoms with E-state index in [1.165, 1.54) is 0 Å². The monoisotopic (exact) mass is 202 g/mol. The highest BCUT2D eigenvalue weighted by Gasteiger charge is 2.12. The molecule has 2 N–H and O–H groups in total. The SMILES string of the molecule is Cn1nccc1-c1ncccc1C(N)=O. The molecule has 0 unspecified atom stereocenters. The van der Waals surface area contributed by atoms with Crippen molar-refractivity contribution in [2.75, 3.05) is 0 Å². The molecule has 0 bridgehead atoms. The summed E-state index contributed by atoms with van der Waals surface area (Å²) >= 11 is 0. The maximum absolute atomic E-state index is 11.2. The summed E-state index contributed by atoms with van der Waals surface area (Å²) in [4.78, 5) is 15.3. The average Bonchev–Trinajstić information content (AvgIpc) is 2.64. The van der Waals surface area contributed by atoms with E-state index in [2.05, 4.69) is 10.1 Å². The van der Waals surface area contributed by atoms with Crippen molar-refractivity contribution in [2.45, 2.75) is 0 Å². The summed E-state index contributed by atoms with van der Waals surface area (Å²) in [5.74, 6) is -0.487. The number of rotatable bonds is 2. The van der Waals surface area contributed by atoms with Gasteiger partial charge in [0.2, 0.25) is 0 Å². The van der Waals surface area contributed by atoms with Crippen molar-refractivity contribution in [1.82, 2.24) is 14.8 Å². The van der Waals surface area contributed by atoms with Gasteiger partial charge in [0.15, 0.2) is 0 Å². The van der Waals surface area contributed by atoms with Crippen molar-refractivity contribution in [3.63, 3.8) is 0 Å². The molecule has 0 aliphatic carbocycles. The topological polar surface area (TPSA) is 73.8 Å². The molecule has 0 aliphatic rings. The first kappa shape index (κ1) is 9.39. The second kappa shape index (κ2) is 3.53. The second-order valence-electron chi connectivity index (χ2n) is 3.10. The third kappa shape index (κ3) is 1.59. The van der Waals surface area contributed by atoms with E-state index in [1.54, 1.807) is 42.3 Å². The Hall–Kier alpha value is -2.17. The van der Waals surface area contributed by atoms with Gasteiger partial charge >= 0.3 is 0 Å². The number of hydrogen-bond acceptors (Lipinski definition) is 3. The Balaban J connectivity index is 2.63. The largest absolute Gasteiger partial charge is 0.366 e. The highest BCUT2D eigenvalue weighted by molar-refractivity contribution is 5.98. The predicted octanol–water partition coefficient (Wildman–Crippen LogP) is 0.581. The van der Waals surface area contributed by atoms with Gasteiger partial charge in [-0.15, -0.1) is 0 Å². The van der Waals surface area contributed by atoms with Gasteiger partial charge in [0.1, 0.15) is 5.69 Å². The highest BCUT2D eigenvalue weighted by Crippen LogP contribution is 2.19. The fraction of sp³-hybridized carbons (Fsp3) is 0.100. The number of carbonyl (C=O) groups is 1. The summed E-state index contributed by atoms with van der Waals surface area (Å²) in [6.45, 7) is 0. The van der Waals surface area contributed by atoms with E-state index >= 15 is 0 Å². The Labute approximate surface area is 86.5 Å². The Morgan fingerprint density at radius 2 is 2.20 bits per heavy atom. The van der Waals surface area contributed by atoms with Gasteiger partial charge in [0.25, 0.3) is 5.91 Å². The number of primary amides is 1. The molecule has 0 spiro atoms. The molecule has 2 aromatic heterocycles.